The van der Waals surface area contributed by atoms with Gasteiger partial charge in [-0.15, -0.1) is 11.3 Å². The predicted octanol–water partition coefficient (Wildman–Crippen LogP) is 3.63. The number of likely N-dealkylation sites (tertiary alicyclic amines) is 1. The zero-order valence-electron chi connectivity index (χ0n) is 14.4. The Kier molecular flexibility index (Phi) is 4.21. The van der Waals surface area contributed by atoms with Crippen LogP contribution in [0.1, 0.15) is 28.2 Å². The van der Waals surface area contributed by atoms with Crippen LogP contribution in [0.15, 0.2) is 36.0 Å². The SMILES string of the molecule is Cc1ncsc1C(=O)N1CCC(Oc2cccc3c2ccn3C)CC1. The quantitative estimate of drug-likeness (QED) is 0.721. The van der Waals surface area contributed by atoms with E-state index in [1.807, 2.05) is 31.0 Å². The number of thiazole rings is 1. The average Bonchev–Trinajstić information content (AvgIpc) is 3.22. The minimum absolute atomic E-state index is 0.101. The van der Waals surface area contributed by atoms with E-state index >= 15 is 0 Å². The van der Waals surface area contributed by atoms with Gasteiger partial charge in [-0.3, -0.25) is 4.79 Å². The van der Waals surface area contributed by atoms with Crippen molar-refractivity contribution < 1.29 is 9.53 Å². The summed E-state index contributed by atoms with van der Waals surface area (Å²) in [6, 6.07) is 8.25. The van der Waals surface area contributed by atoms with Crippen molar-refractivity contribution in [1.29, 1.82) is 0 Å². The number of fused-ring (bicyclic) bond motifs is 1. The summed E-state index contributed by atoms with van der Waals surface area (Å²) in [5, 5.41) is 1.14. The summed E-state index contributed by atoms with van der Waals surface area (Å²) in [6.45, 7) is 3.34. The summed E-state index contributed by atoms with van der Waals surface area (Å²) in [6.07, 6.45) is 3.91. The molecule has 0 N–H and O–H groups in total. The fourth-order valence-corrected chi connectivity index (χ4v) is 4.15. The molecule has 1 aromatic carbocycles. The molecular weight excluding hydrogens is 334 g/mol. The third kappa shape index (κ3) is 3.02. The standard InChI is InChI=1S/C19H21N3O2S/c1-13-18(25-12-20-13)19(23)22-10-6-14(7-11-22)24-17-5-3-4-16-15(17)8-9-21(16)2/h3-5,8-9,12,14H,6-7,10-11H2,1-2H3. The van der Waals surface area contributed by atoms with Gasteiger partial charge in [0.2, 0.25) is 0 Å². The molecule has 1 fully saturated rings. The molecule has 5 nitrogen and oxygen atoms in total. The summed E-state index contributed by atoms with van der Waals surface area (Å²) in [5.74, 6) is 1.03. The summed E-state index contributed by atoms with van der Waals surface area (Å²) in [7, 11) is 2.04. The third-order valence-corrected chi connectivity index (χ3v) is 5.77. The molecular formula is C19H21N3O2S. The number of amides is 1. The molecule has 130 valence electrons. The van der Waals surface area contributed by atoms with Gasteiger partial charge in [-0.2, -0.15) is 0 Å². The number of carbonyl (C=O) groups excluding carboxylic acids is 1. The summed E-state index contributed by atoms with van der Waals surface area (Å²) < 4.78 is 8.36. The molecule has 1 aliphatic heterocycles. The first-order chi connectivity index (χ1) is 12.1. The molecule has 6 heteroatoms. The first-order valence-electron chi connectivity index (χ1n) is 8.53. The van der Waals surface area contributed by atoms with Crippen molar-refractivity contribution in [2.24, 2.45) is 7.05 Å². The minimum Gasteiger partial charge on any atom is -0.490 e. The molecule has 2 aromatic heterocycles. The van der Waals surface area contributed by atoms with Crippen LogP contribution in [-0.4, -0.2) is 39.6 Å². The maximum Gasteiger partial charge on any atom is 0.265 e. The van der Waals surface area contributed by atoms with Gasteiger partial charge in [0.1, 0.15) is 16.7 Å². The summed E-state index contributed by atoms with van der Waals surface area (Å²) >= 11 is 1.42. The van der Waals surface area contributed by atoms with Crippen LogP contribution in [0.25, 0.3) is 10.9 Å². The normalized spacial score (nSPS) is 15.7. The first-order valence-corrected chi connectivity index (χ1v) is 9.41. The van der Waals surface area contributed by atoms with Gasteiger partial charge in [-0.05, 0) is 25.1 Å². The molecule has 0 aliphatic carbocycles. The van der Waals surface area contributed by atoms with Crippen LogP contribution in [-0.2, 0) is 7.05 Å². The number of piperidine rings is 1. The molecule has 0 spiro atoms. The van der Waals surface area contributed by atoms with E-state index in [0.29, 0.717) is 0 Å². The highest BCUT2D eigenvalue weighted by atomic mass is 32.1. The van der Waals surface area contributed by atoms with Gasteiger partial charge >= 0.3 is 0 Å². The molecule has 25 heavy (non-hydrogen) atoms. The number of benzene rings is 1. The Labute approximate surface area is 150 Å². The van der Waals surface area contributed by atoms with E-state index in [0.717, 1.165) is 47.6 Å². The van der Waals surface area contributed by atoms with Gasteiger partial charge in [0.15, 0.2) is 0 Å². The molecule has 0 unspecified atom stereocenters. The van der Waals surface area contributed by atoms with E-state index in [9.17, 15) is 4.79 Å². The monoisotopic (exact) mass is 355 g/mol. The number of rotatable bonds is 3. The zero-order valence-corrected chi connectivity index (χ0v) is 15.3. The maximum atomic E-state index is 12.6. The lowest BCUT2D eigenvalue weighted by Gasteiger charge is -2.32. The van der Waals surface area contributed by atoms with Gasteiger partial charge < -0.3 is 14.2 Å². The van der Waals surface area contributed by atoms with Crippen molar-refractivity contribution in [3.8, 4) is 5.75 Å². The molecule has 1 saturated heterocycles. The molecule has 4 rings (SSSR count). The number of ether oxygens (including phenoxy) is 1. The molecule has 0 bridgehead atoms. The minimum atomic E-state index is 0.101. The second-order valence-electron chi connectivity index (χ2n) is 6.49. The van der Waals surface area contributed by atoms with Crippen LogP contribution >= 0.6 is 11.3 Å². The van der Waals surface area contributed by atoms with Crippen LogP contribution in [0.2, 0.25) is 0 Å². The number of hydrogen-bond donors (Lipinski definition) is 0. The van der Waals surface area contributed by atoms with Gasteiger partial charge in [0.25, 0.3) is 5.91 Å². The van der Waals surface area contributed by atoms with Crippen molar-refractivity contribution in [2.75, 3.05) is 13.1 Å². The lowest BCUT2D eigenvalue weighted by molar-refractivity contribution is 0.0601. The summed E-state index contributed by atoms with van der Waals surface area (Å²) in [4.78, 5) is 19.4. The van der Waals surface area contributed by atoms with E-state index in [2.05, 4.69) is 27.9 Å². The number of carbonyl (C=O) groups is 1. The van der Waals surface area contributed by atoms with Gasteiger partial charge in [-0.25, -0.2) is 4.98 Å². The van der Waals surface area contributed by atoms with Crippen LogP contribution in [0.5, 0.6) is 5.75 Å². The second-order valence-corrected chi connectivity index (χ2v) is 7.35. The van der Waals surface area contributed by atoms with E-state index in [4.69, 9.17) is 4.74 Å². The van der Waals surface area contributed by atoms with E-state index in [-0.39, 0.29) is 12.0 Å². The van der Waals surface area contributed by atoms with Crippen LogP contribution in [0.4, 0.5) is 0 Å². The number of hydrogen-bond acceptors (Lipinski definition) is 4. The Morgan fingerprint density at radius 3 is 2.80 bits per heavy atom. The molecule has 1 amide bonds. The first kappa shape index (κ1) is 16.1. The fraction of sp³-hybridized carbons (Fsp3) is 0.368. The highest BCUT2D eigenvalue weighted by Crippen LogP contribution is 2.29. The largest absolute Gasteiger partial charge is 0.490 e. The number of aromatic nitrogens is 2. The molecule has 1 aliphatic rings. The van der Waals surface area contributed by atoms with Gasteiger partial charge in [0, 0.05) is 44.6 Å². The second kappa shape index (κ2) is 6.52. The Morgan fingerprint density at radius 1 is 1.28 bits per heavy atom. The molecule has 3 aromatic rings. The third-order valence-electron chi connectivity index (χ3n) is 4.85. The van der Waals surface area contributed by atoms with Crippen molar-refractivity contribution in [3.63, 3.8) is 0 Å². The van der Waals surface area contributed by atoms with Gasteiger partial charge in [0.05, 0.1) is 16.7 Å². The van der Waals surface area contributed by atoms with E-state index in [1.54, 1.807) is 5.51 Å². The highest BCUT2D eigenvalue weighted by molar-refractivity contribution is 7.11. The Hall–Kier alpha value is -2.34. The van der Waals surface area contributed by atoms with Crippen LogP contribution < -0.4 is 4.74 Å². The Bertz CT molecular complexity index is 906. The number of aryl methyl sites for hydroxylation is 2. The zero-order chi connectivity index (χ0) is 17.4. The molecule has 0 atom stereocenters. The van der Waals surface area contributed by atoms with Crippen molar-refractivity contribution in [1.82, 2.24) is 14.5 Å². The molecule has 0 radical (unpaired) electrons. The fourth-order valence-electron chi connectivity index (χ4n) is 3.38. The highest BCUT2D eigenvalue weighted by Gasteiger charge is 2.26. The van der Waals surface area contributed by atoms with Crippen molar-refractivity contribution in [2.45, 2.75) is 25.9 Å². The lowest BCUT2D eigenvalue weighted by atomic mass is 10.1. The predicted molar refractivity (Wildman–Crippen MR) is 99.3 cm³/mol. The van der Waals surface area contributed by atoms with E-state index in [1.165, 1.54) is 16.9 Å². The Balaban J connectivity index is 1.42. The van der Waals surface area contributed by atoms with E-state index < -0.39 is 0 Å². The lowest BCUT2D eigenvalue weighted by Crippen LogP contribution is -2.41. The molecule has 0 saturated carbocycles. The van der Waals surface area contributed by atoms with Crippen LogP contribution in [0.3, 0.4) is 0 Å². The smallest absolute Gasteiger partial charge is 0.265 e. The van der Waals surface area contributed by atoms with Gasteiger partial charge in [-0.1, -0.05) is 6.07 Å². The van der Waals surface area contributed by atoms with Crippen LogP contribution in [0, 0.1) is 6.92 Å². The van der Waals surface area contributed by atoms with Crippen molar-refractivity contribution >= 4 is 28.1 Å². The maximum absolute atomic E-state index is 12.6. The Morgan fingerprint density at radius 2 is 2.08 bits per heavy atom. The topological polar surface area (TPSA) is 47.4 Å². The average molecular weight is 355 g/mol. The molecule has 3 heterocycles. The summed E-state index contributed by atoms with van der Waals surface area (Å²) in [5.41, 5.74) is 3.73. The number of nitrogens with zero attached hydrogens (tertiary/aromatic N) is 3. The van der Waals surface area contributed by atoms with Crippen molar-refractivity contribution in [3.05, 3.63) is 46.5 Å².